The highest BCUT2D eigenvalue weighted by atomic mass is 32.1. The second-order valence-electron chi connectivity index (χ2n) is 4.63. The Kier molecular flexibility index (Phi) is 3.40. The molecule has 1 aromatic heterocycles. The lowest BCUT2D eigenvalue weighted by Gasteiger charge is -2.27. The number of rotatable bonds is 1. The minimum Gasteiger partial charge on any atom is -0.320 e. The van der Waals surface area contributed by atoms with Crippen molar-refractivity contribution in [3.63, 3.8) is 0 Å². The first-order valence-corrected chi connectivity index (χ1v) is 7.26. The van der Waals surface area contributed by atoms with Gasteiger partial charge in [0, 0.05) is 18.0 Å². The molecule has 1 aliphatic heterocycles. The first kappa shape index (κ1) is 12.7. The second-order valence-corrected chi connectivity index (χ2v) is 5.63. The first-order valence-electron chi connectivity index (χ1n) is 6.38. The van der Waals surface area contributed by atoms with Crippen LogP contribution in [0, 0.1) is 11.3 Å². The van der Waals surface area contributed by atoms with Crippen molar-refractivity contribution < 1.29 is 4.79 Å². The SMILES string of the molecule is N#Cc1ccccc1NC(=O)N1CCc2sccc2C1. The number of hydrogen-bond donors (Lipinski definition) is 1. The molecule has 5 heteroatoms. The van der Waals surface area contributed by atoms with Gasteiger partial charge in [0.25, 0.3) is 0 Å². The lowest BCUT2D eigenvalue weighted by atomic mass is 10.1. The smallest absolute Gasteiger partial charge is 0.320 e. The van der Waals surface area contributed by atoms with Crippen molar-refractivity contribution in [1.82, 2.24) is 4.90 Å². The summed E-state index contributed by atoms with van der Waals surface area (Å²) in [5.41, 5.74) is 2.27. The van der Waals surface area contributed by atoms with E-state index in [0.717, 1.165) is 6.42 Å². The van der Waals surface area contributed by atoms with Gasteiger partial charge in [-0.05, 0) is 35.6 Å². The molecule has 1 aromatic carbocycles. The van der Waals surface area contributed by atoms with E-state index in [0.29, 0.717) is 24.3 Å². The minimum atomic E-state index is -0.149. The molecule has 20 heavy (non-hydrogen) atoms. The number of amides is 2. The Morgan fingerprint density at radius 3 is 3.05 bits per heavy atom. The van der Waals surface area contributed by atoms with E-state index in [9.17, 15) is 4.79 Å². The number of anilines is 1. The van der Waals surface area contributed by atoms with E-state index in [1.807, 2.05) is 6.07 Å². The number of fused-ring (bicyclic) bond motifs is 1. The van der Waals surface area contributed by atoms with Gasteiger partial charge in [-0.25, -0.2) is 4.79 Å². The molecule has 3 rings (SSSR count). The van der Waals surface area contributed by atoms with E-state index in [4.69, 9.17) is 5.26 Å². The molecule has 2 aromatic rings. The molecule has 2 amide bonds. The van der Waals surface area contributed by atoms with Crippen LogP contribution in [0.2, 0.25) is 0 Å². The number of nitriles is 1. The molecule has 0 aliphatic carbocycles. The second kappa shape index (κ2) is 5.35. The highest BCUT2D eigenvalue weighted by molar-refractivity contribution is 7.10. The highest BCUT2D eigenvalue weighted by Crippen LogP contribution is 2.24. The number of para-hydroxylation sites is 1. The summed E-state index contributed by atoms with van der Waals surface area (Å²) in [6, 6.07) is 11.0. The molecule has 0 saturated heterocycles. The Bertz CT molecular complexity index is 686. The van der Waals surface area contributed by atoms with Crippen LogP contribution in [0.4, 0.5) is 10.5 Å². The van der Waals surface area contributed by atoms with Crippen molar-refractivity contribution in [1.29, 1.82) is 5.26 Å². The number of carbonyl (C=O) groups excluding carboxylic acids is 1. The van der Waals surface area contributed by atoms with Gasteiger partial charge in [0.1, 0.15) is 6.07 Å². The Morgan fingerprint density at radius 1 is 1.35 bits per heavy atom. The van der Waals surface area contributed by atoms with Gasteiger partial charge in [-0.15, -0.1) is 11.3 Å². The summed E-state index contributed by atoms with van der Waals surface area (Å²) in [5.74, 6) is 0. The van der Waals surface area contributed by atoms with Gasteiger partial charge in [-0.3, -0.25) is 0 Å². The summed E-state index contributed by atoms with van der Waals surface area (Å²) < 4.78 is 0. The van der Waals surface area contributed by atoms with Crippen LogP contribution in [-0.2, 0) is 13.0 Å². The molecule has 0 radical (unpaired) electrons. The van der Waals surface area contributed by atoms with Crippen molar-refractivity contribution in [2.24, 2.45) is 0 Å². The largest absolute Gasteiger partial charge is 0.322 e. The predicted molar refractivity (Wildman–Crippen MR) is 78.6 cm³/mol. The van der Waals surface area contributed by atoms with Crippen molar-refractivity contribution in [3.8, 4) is 6.07 Å². The standard InChI is InChI=1S/C15H13N3OS/c16-9-11-3-1-2-4-13(11)17-15(19)18-7-5-14-12(10-18)6-8-20-14/h1-4,6,8H,5,7,10H2,(H,17,19). The van der Waals surface area contributed by atoms with Crippen LogP contribution in [0.5, 0.6) is 0 Å². The molecule has 1 N–H and O–H groups in total. The molecular formula is C15H13N3OS. The maximum absolute atomic E-state index is 12.3. The molecule has 0 atom stereocenters. The average molecular weight is 283 g/mol. The fourth-order valence-corrected chi connectivity index (χ4v) is 3.20. The third-order valence-corrected chi connectivity index (χ3v) is 4.41. The quantitative estimate of drug-likeness (QED) is 0.873. The molecule has 100 valence electrons. The van der Waals surface area contributed by atoms with Crippen LogP contribution in [0.15, 0.2) is 35.7 Å². The van der Waals surface area contributed by atoms with Crippen molar-refractivity contribution >= 4 is 23.1 Å². The van der Waals surface area contributed by atoms with Crippen LogP contribution >= 0.6 is 11.3 Å². The fraction of sp³-hybridized carbons (Fsp3) is 0.200. The van der Waals surface area contributed by atoms with Gasteiger partial charge in [0.05, 0.1) is 11.3 Å². The normalized spacial score (nSPS) is 13.4. The maximum atomic E-state index is 12.3. The van der Waals surface area contributed by atoms with Crippen LogP contribution in [-0.4, -0.2) is 17.5 Å². The van der Waals surface area contributed by atoms with Crippen LogP contribution in [0.25, 0.3) is 0 Å². The van der Waals surface area contributed by atoms with Crippen molar-refractivity contribution in [2.45, 2.75) is 13.0 Å². The Labute approximate surface area is 121 Å². The summed E-state index contributed by atoms with van der Waals surface area (Å²) in [7, 11) is 0. The average Bonchev–Trinajstić information content (AvgIpc) is 2.95. The van der Waals surface area contributed by atoms with Gasteiger partial charge < -0.3 is 10.2 Å². The third-order valence-electron chi connectivity index (χ3n) is 3.38. The summed E-state index contributed by atoms with van der Waals surface area (Å²) >= 11 is 1.75. The topological polar surface area (TPSA) is 56.1 Å². The highest BCUT2D eigenvalue weighted by Gasteiger charge is 2.21. The van der Waals surface area contributed by atoms with Gasteiger partial charge in [0.2, 0.25) is 0 Å². The Morgan fingerprint density at radius 2 is 2.20 bits per heavy atom. The summed E-state index contributed by atoms with van der Waals surface area (Å²) in [5, 5.41) is 13.9. The van der Waals surface area contributed by atoms with Gasteiger partial charge in [0.15, 0.2) is 0 Å². The number of benzene rings is 1. The van der Waals surface area contributed by atoms with E-state index in [1.54, 1.807) is 34.4 Å². The number of nitrogens with zero attached hydrogens (tertiary/aromatic N) is 2. The molecule has 0 spiro atoms. The lowest BCUT2D eigenvalue weighted by Crippen LogP contribution is -2.38. The third kappa shape index (κ3) is 2.38. The lowest BCUT2D eigenvalue weighted by molar-refractivity contribution is 0.207. The molecule has 0 fully saturated rings. The summed E-state index contributed by atoms with van der Waals surface area (Å²) in [6.45, 7) is 1.35. The van der Waals surface area contributed by atoms with E-state index in [2.05, 4.69) is 22.8 Å². The van der Waals surface area contributed by atoms with Gasteiger partial charge in [-0.1, -0.05) is 12.1 Å². The molecule has 2 heterocycles. The zero-order valence-electron chi connectivity index (χ0n) is 10.8. The fourth-order valence-electron chi connectivity index (χ4n) is 2.31. The van der Waals surface area contributed by atoms with E-state index in [-0.39, 0.29) is 6.03 Å². The number of hydrogen-bond acceptors (Lipinski definition) is 3. The molecule has 0 saturated carbocycles. The van der Waals surface area contributed by atoms with E-state index in [1.165, 1.54) is 10.4 Å². The molecule has 0 bridgehead atoms. The molecule has 1 aliphatic rings. The Hall–Kier alpha value is -2.32. The summed E-state index contributed by atoms with van der Waals surface area (Å²) in [4.78, 5) is 15.4. The van der Waals surface area contributed by atoms with Gasteiger partial charge >= 0.3 is 6.03 Å². The number of urea groups is 1. The van der Waals surface area contributed by atoms with Crippen LogP contribution < -0.4 is 5.32 Å². The zero-order chi connectivity index (χ0) is 13.9. The van der Waals surface area contributed by atoms with E-state index < -0.39 is 0 Å². The van der Waals surface area contributed by atoms with Gasteiger partial charge in [-0.2, -0.15) is 5.26 Å². The minimum absolute atomic E-state index is 0.149. The van der Waals surface area contributed by atoms with Crippen LogP contribution in [0.1, 0.15) is 16.0 Å². The van der Waals surface area contributed by atoms with Crippen LogP contribution in [0.3, 0.4) is 0 Å². The molecule has 0 unspecified atom stereocenters. The summed E-state index contributed by atoms with van der Waals surface area (Å²) in [6.07, 6.45) is 0.903. The molecular weight excluding hydrogens is 270 g/mol. The number of nitrogens with one attached hydrogen (secondary N) is 1. The predicted octanol–water partition coefficient (Wildman–Crippen LogP) is 3.21. The monoisotopic (exact) mass is 283 g/mol. The number of thiophene rings is 1. The number of carbonyl (C=O) groups is 1. The molecule has 4 nitrogen and oxygen atoms in total. The first-order chi connectivity index (χ1) is 9.78. The zero-order valence-corrected chi connectivity index (χ0v) is 11.6. The maximum Gasteiger partial charge on any atom is 0.322 e. The van der Waals surface area contributed by atoms with Crippen molar-refractivity contribution in [2.75, 3.05) is 11.9 Å². The van der Waals surface area contributed by atoms with Crippen molar-refractivity contribution in [3.05, 3.63) is 51.7 Å². The van der Waals surface area contributed by atoms with E-state index >= 15 is 0 Å². The Balaban J connectivity index is 1.73.